The Morgan fingerprint density at radius 3 is 2.03 bits per heavy atom. The van der Waals surface area contributed by atoms with E-state index in [0.29, 0.717) is 12.3 Å². The number of aryl methyl sites for hydroxylation is 1. The summed E-state index contributed by atoms with van der Waals surface area (Å²) in [5, 5.41) is 10.9. The van der Waals surface area contributed by atoms with Crippen molar-refractivity contribution >= 4 is 0 Å². The maximum Gasteiger partial charge on any atom is 0.252 e. The van der Waals surface area contributed by atoms with Gasteiger partial charge in [-0.25, -0.2) is 0 Å². The van der Waals surface area contributed by atoms with Gasteiger partial charge in [-0.15, -0.1) is 0 Å². The van der Waals surface area contributed by atoms with Gasteiger partial charge in [0.05, 0.1) is 11.7 Å². The first-order chi connectivity index (χ1) is 14.2. The first-order valence-corrected chi connectivity index (χ1v) is 11.1. The van der Waals surface area contributed by atoms with Gasteiger partial charge in [-0.3, -0.25) is 0 Å². The zero-order valence-electron chi connectivity index (χ0n) is 18.7. The molecular formula is C26H31N3O. The van der Waals surface area contributed by atoms with Gasteiger partial charge < -0.3 is 4.52 Å². The maximum absolute atomic E-state index is 5.05. The highest BCUT2D eigenvalue weighted by atomic mass is 16.5. The maximum atomic E-state index is 5.05. The summed E-state index contributed by atoms with van der Waals surface area (Å²) in [7, 11) is 0. The third-order valence-electron chi connectivity index (χ3n) is 7.66. The van der Waals surface area contributed by atoms with Crippen molar-refractivity contribution in [1.29, 1.82) is 0 Å². The van der Waals surface area contributed by atoms with Crippen LogP contribution in [0.2, 0.25) is 0 Å². The number of hydrogen-bond donors (Lipinski definition) is 0. The average molecular weight is 402 g/mol. The molecule has 0 N–H and O–H groups in total. The van der Waals surface area contributed by atoms with E-state index in [1.165, 1.54) is 47.9 Å². The van der Waals surface area contributed by atoms with Crippen molar-refractivity contribution in [2.45, 2.75) is 83.0 Å². The van der Waals surface area contributed by atoms with E-state index >= 15 is 0 Å². The third kappa shape index (κ3) is 3.08. The van der Waals surface area contributed by atoms with Gasteiger partial charge >= 0.3 is 0 Å². The molecule has 1 fully saturated rings. The Balaban J connectivity index is 1.52. The van der Waals surface area contributed by atoms with Gasteiger partial charge in [0, 0.05) is 5.41 Å². The van der Waals surface area contributed by atoms with Crippen molar-refractivity contribution in [3.63, 3.8) is 0 Å². The Morgan fingerprint density at radius 1 is 0.833 bits per heavy atom. The monoisotopic (exact) mass is 401 g/mol. The van der Waals surface area contributed by atoms with Crippen molar-refractivity contribution in [3.8, 4) is 0 Å². The van der Waals surface area contributed by atoms with Crippen LogP contribution < -0.4 is 0 Å². The lowest BCUT2D eigenvalue weighted by atomic mass is 9.62. The van der Waals surface area contributed by atoms with Crippen molar-refractivity contribution in [2.75, 3.05) is 0 Å². The van der Waals surface area contributed by atoms with E-state index < -0.39 is 0 Å². The second-order valence-electron chi connectivity index (χ2n) is 10.7. The molecule has 4 nitrogen and oxygen atoms in total. The number of benzene rings is 2. The molecular weight excluding hydrogens is 370 g/mol. The number of hydrogen-bond acceptors (Lipinski definition) is 4. The second kappa shape index (κ2) is 6.50. The molecule has 0 amide bonds. The van der Waals surface area contributed by atoms with Crippen LogP contribution in [-0.4, -0.2) is 15.6 Å². The summed E-state index contributed by atoms with van der Waals surface area (Å²) >= 11 is 0. The molecule has 2 aromatic carbocycles. The van der Waals surface area contributed by atoms with Crippen molar-refractivity contribution in [3.05, 3.63) is 75.7 Å². The molecule has 0 spiro atoms. The zero-order valence-corrected chi connectivity index (χ0v) is 18.7. The van der Waals surface area contributed by atoms with Gasteiger partial charge in [0.2, 0.25) is 0 Å². The molecule has 3 aromatic rings. The molecule has 30 heavy (non-hydrogen) atoms. The fraction of sp³-hybridized carbons (Fsp3) is 0.500. The predicted molar refractivity (Wildman–Crippen MR) is 118 cm³/mol. The van der Waals surface area contributed by atoms with Gasteiger partial charge in [0.25, 0.3) is 5.89 Å². The smallest absolute Gasteiger partial charge is 0.252 e. The zero-order chi connectivity index (χ0) is 21.1. The van der Waals surface area contributed by atoms with Crippen LogP contribution in [-0.2, 0) is 22.7 Å². The quantitative estimate of drug-likeness (QED) is 0.555. The molecule has 4 heteroatoms. The lowest BCUT2D eigenvalue weighted by Crippen LogP contribution is -2.34. The topological polar surface area (TPSA) is 51.8 Å². The molecule has 156 valence electrons. The molecule has 0 atom stereocenters. The van der Waals surface area contributed by atoms with Crippen LogP contribution in [0, 0.1) is 6.92 Å². The minimum absolute atomic E-state index is 0.168. The van der Waals surface area contributed by atoms with Crippen molar-refractivity contribution in [2.24, 2.45) is 0 Å². The number of aromatic nitrogens is 3. The fourth-order valence-electron chi connectivity index (χ4n) is 5.41. The first kappa shape index (κ1) is 19.5. The third-order valence-corrected chi connectivity index (χ3v) is 7.66. The van der Waals surface area contributed by atoms with Gasteiger partial charge in [0.15, 0.2) is 0 Å². The molecule has 0 radical (unpaired) electrons. The van der Waals surface area contributed by atoms with Crippen LogP contribution in [0.15, 0.2) is 40.9 Å². The Labute approximate surface area is 179 Å². The normalized spacial score (nSPS) is 20.6. The first-order valence-electron chi connectivity index (χ1n) is 11.1. The lowest BCUT2D eigenvalue weighted by molar-refractivity contribution is 0.331. The van der Waals surface area contributed by atoms with Gasteiger partial charge in [0.1, 0.15) is 0 Å². The largest absolute Gasteiger partial charge is 0.320 e. The standard InChI is InChI=1S/C26H31N3O/c1-17-14-21-22(25(4,5)11-10-24(21,2)3)16-20(17)26(12-13-26)19-8-6-18(7-9-19)15-23-27-28-29-30-23/h6-9,14,16H,10-13,15H2,1-5H3. The fourth-order valence-corrected chi connectivity index (χ4v) is 5.41. The molecule has 1 saturated carbocycles. The summed E-state index contributed by atoms with van der Waals surface area (Å²) in [6.45, 7) is 12.0. The van der Waals surface area contributed by atoms with Gasteiger partial charge in [-0.2, -0.15) is 0 Å². The molecule has 1 heterocycles. The molecule has 0 aliphatic heterocycles. The van der Waals surface area contributed by atoms with E-state index in [4.69, 9.17) is 4.52 Å². The minimum Gasteiger partial charge on any atom is -0.320 e. The highest BCUT2D eigenvalue weighted by Gasteiger charge is 2.48. The van der Waals surface area contributed by atoms with E-state index in [9.17, 15) is 0 Å². The van der Waals surface area contributed by atoms with E-state index in [1.807, 2.05) is 0 Å². The SMILES string of the molecule is Cc1cc2c(cc1C1(c3ccc(Cc4nnno4)cc3)CC1)C(C)(C)CCC2(C)C. The Morgan fingerprint density at radius 2 is 1.47 bits per heavy atom. The van der Waals surface area contributed by atoms with Gasteiger partial charge in [-0.1, -0.05) is 69.2 Å². The van der Waals surface area contributed by atoms with E-state index in [0.717, 1.165) is 0 Å². The highest BCUT2D eigenvalue weighted by molar-refractivity contribution is 5.55. The molecule has 0 saturated heterocycles. The minimum atomic E-state index is 0.168. The van der Waals surface area contributed by atoms with E-state index in [2.05, 4.69) is 86.6 Å². The molecule has 5 rings (SSSR count). The van der Waals surface area contributed by atoms with E-state index in [-0.39, 0.29) is 16.2 Å². The second-order valence-corrected chi connectivity index (χ2v) is 10.7. The van der Waals surface area contributed by atoms with E-state index in [1.54, 1.807) is 11.1 Å². The summed E-state index contributed by atoms with van der Waals surface area (Å²) < 4.78 is 5.05. The average Bonchev–Trinajstić information content (AvgIpc) is 3.35. The van der Waals surface area contributed by atoms with Crippen LogP contribution in [0.3, 0.4) is 0 Å². The van der Waals surface area contributed by atoms with Crippen LogP contribution in [0.1, 0.15) is 92.6 Å². The summed E-state index contributed by atoms with van der Waals surface area (Å²) in [4.78, 5) is 0. The molecule has 0 bridgehead atoms. The lowest BCUT2D eigenvalue weighted by Gasteiger charge is -2.43. The Hall–Kier alpha value is -2.49. The number of fused-ring (bicyclic) bond motifs is 1. The predicted octanol–water partition coefficient (Wildman–Crippen LogP) is 5.79. The Kier molecular flexibility index (Phi) is 4.22. The molecule has 2 aliphatic carbocycles. The van der Waals surface area contributed by atoms with Crippen molar-refractivity contribution in [1.82, 2.24) is 15.6 Å². The molecule has 2 aliphatic rings. The van der Waals surface area contributed by atoms with Gasteiger partial charge in [-0.05, 0) is 82.0 Å². The summed E-state index contributed by atoms with van der Waals surface area (Å²) in [6, 6.07) is 14.0. The van der Waals surface area contributed by atoms with Crippen LogP contribution >= 0.6 is 0 Å². The van der Waals surface area contributed by atoms with Crippen LogP contribution in [0.5, 0.6) is 0 Å². The molecule has 0 unspecified atom stereocenters. The number of nitrogens with zero attached hydrogens (tertiary/aromatic N) is 3. The highest BCUT2D eigenvalue weighted by Crippen LogP contribution is 2.56. The van der Waals surface area contributed by atoms with Crippen molar-refractivity contribution < 1.29 is 4.52 Å². The summed E-state index contributed by atoms with van der Waals surface area (Å²) in [5.74, 6) is 0.555. The summed E-state index contributed by atoms with van der Waals surface area (Å²) in [5.41, 5.74) is 9.35. The Bertz CT molecular complexity index is 1070. The van der Waals surface area contributed by atoms with Crippen LogP contribution in [0.4, 0.5) is 0 Å². The van der Waals surface area contributed by atoms with Crippen LogP contribution in [0.25, 0.3) is 0 Å². The number of rotatable bonds is 4. The molecule has 1 aromatic heterocycles. The summed E-state index contributed by atoms with van der Waals surface area (Å²) in [6.07, 6.45) is 5.59.